The van der Waals surface area contributed by atoms with Gasteiger partial charge in [-0.15, -0.1) is 8.78 Å². The largest absolute Gasteiger partial charge is 0.490 e. The van der Waals surface area contributed by atoms with Crippen molar-refractivity contribution >= 4 is 0 Å². The van der Waals surface area contributed by atoms with E-state index in [1.54, 1.807) is 0 Å². The van der Waals surface area contributed by atoms with Gasteiger partial charge in [-0.3, -0.25) is 4.74 Å². The lowest BCUT2D eigenvalue weighted by atomic mass is 10.4. The molecule has 0 aromatic carbocycles. The van der Waals surface area contributed by atoms with E-state index >= 15 is 0 Å². The van der Waals surface area contributed by atoms with Crippen LogP contribution < -0.4 is 0 Å². The quantitative estimate of drug-likeness (QED) is 0.450. The van der Waals surface area contributed by atoms with E-state index in [1.165, 1.54) is 0 Å². The number of methoxy groups -OCH3 is 1. The number of hydrogen-bond donors (Lipinski definition) is 0. The van der Waals surface area contributed by atoms with Crippen LogP contribution >= 0.6 is 0 Å². The van der Waals surface area contributed by atoms with Crippen LogP contribution in [0.2, 0.25) is 0 Å². The summed E-state index contributed by atoms with van der Waals surface area (Å²) in [6, 6.07) is 0. The summed E-state index contributed by atoms with van der Waals surface area (Å²) in [5.74, 6) is -4.71. The van der Waals surface area contributed by atoms with Crippen molar-refractivity contribution in [1.82, 2.24) is 0 Å². The molecule has 0 aliphatic heterocycles. The third-order valence-corrected chi connectivity index (χ3v) is 0.996. The van der Waals surface area contributed by atoms with Gasteiger partial charge in [0.05, 0.1) is 0 Å². The van der Waals surface area contributed by atoms with Gasteiger partial charge in [0.1, 0.15) is 0 Å². The summed E-state index contributed by atoms with van der Waals surface area (Å²) in [6.07, 6.45) is -10.0. The second-order valence-corrected chi connectivity index (χ2v) is 2.17. The van der Waals surface area contributed by atoms with Crippen molar-refractivity contribution < 1.29 is 35.8 Å². The number of hydrogen-bond acceptors (Lipinski definition) is 2. The molecular weight excluding hydrogens is 278 g/mol. The van der Waals surface area contributed by atoms with E-state index in [9.17, 15) is 26.3 Å². The lowest BCUT2D eigenvalue weighted by Crippen LogP contribution is -2.45. The molecule has 0 amide bonds. The minimum Gasteiger partial charge on any atom is -0.299 e. The van der Waals surface area contributed by atoms with Gasteiger partial charge in [0.25, 0.3) is 0 Å². The molecule has 0 aliphatic rings. The predicted octanol–water partition coefficient (Wildman–Crippen LogP) is 6.26. The van der Waals surface area contributed by atoms with Gasteiger partial charge >= 0.3 is 18.3 Å². The zero-order valence-corrected chi connectivity index (χ0v) is 6.58. The lowest BCUT2D eigenvalue weighted by Gasteiger charge is -2.25. The standard InChI is InChI=1S/C5H6F6O2.6CH4/c1-3(6,7)4(8,9)13-5(10,11)12-2;;;;;;/h1-2H3;6*1H4. The minimum absolute atomic E-state index is 0. The van der Waals surface area contributed by atoms with E-state index in [0.717, 1.165) is 0 Å². The zero-order chi connectivity index (χ0) is 10.9. The Labute approximate surface area is 114 Å². The van der Waals surface area contributed by atoms with Crippen LogP contribution in [-0.2, 0) is 9.47 Å². The summed E-state index contributed by atoms with van der Waals surface area (Å²) in [4.78, 5) is 0. The Morgan fingerprint density at radius 3 is 1.11 bits per heavy atom. The van der Waals surface area contributed by atoms with Gasteiger partial charge in [-0.25, -0.2) is 4.74 Å². The highest BCUT2D eigenvalue weighted by atomic mass is 19.3. The first-order chi connectivity index (χ1) is 5.52. The second kappa shape index (κ2) is 12.5. The highest BCUT2D eigenvalue weighted by Crippen LogP contribution is 2.38. The summed E-state index contributed by atoms with van der Waals surface area (Å²) in [5, 5.41) is 0. The van der Waals surface area contributed by atoms with E-state index in [0.29, 0.717) is 7.11 Å². The molecule has 0 saturated heterocycles. The van der Waals surface area contributed by atoms with Crippen molar-refractivity contribution in [3.05, 3.63) is 0 Å². The zero-order valence-electron chi connectivity index (χ0n) is 6.58. The van der Waals surface area contributed by atoms with Crippen molar-refractivity contribution in [2.24, 2.45) is 0 Å². The minimum atomic E-state index is -5.29. The van der Waals surface area contributed by atoms with Crippen LogP contribution in [0.25, 0.3) is 0 Å². The van der Waals surface area contributed by atoms with Crippen molar-refractivity contribution in [3.8, 4) is 0 Å². The Bertz CT molecular complexity index is 181. The molecule has 0 spiro atoms. The molecule has 0 aliphatic carbocycles. The summed E-state index contributed by atoms with van der Waals surface area (Å²) in [7, 11) is 0.337. The summed E-state index contributed by atoms with van der Waals surface area (Å²) < 4.78 is 77.4. The Morgan fingerprint density at radius 2 is 0.947 bits per heavy atom. The lowest BCUT2D eigenvalue weighted by molar-refractivity contribution is -0.490. The number of halogens is 6. The van der Waals surface area contributed by atoms with Crippen molar-refractivity contribution in [3.63, 3.8) is 0 Å². The SMILES string of the molecule is C.C.C.C.C.C.COC(F)(F)OC(F)(F)C(C)(F)F. The van der Waals surface area contributed by atoms with Crippen LogP contribution in [0.1, 0.15) is 51.5 Å². The topological polar surface area (TPSA) is 18.5 Å². The molecule has 0 rings (SSSR count). The Balaban J connectivity index is -0.0000000480. The highest BCUT2D eigenvalue weighted by molar-refractivity contribution is 4.71. The molecule has 0 aromatic rings. The number of ether oxygens (including phenoxy) is 2. The Kier molecular flexibility index (Phi) is 28.3. The van der Waals surface area contributed by atoms with E-state index in [4.69, 9.17) is 0 Å². The van der Waals surface area contributed by atoms with E-state index in [-0.39, 0.29) is 51.5 Å². The van der Waals surface area contributed by atoms with Crippen molar-refractivity contribution in [2.45, 2.75) is 69.8 Å². The molecule has 0 aromatic heterocycles. The van der Waals surface area contributed by atoms with Crippen molar-refractivity contribution in [2.75, 3.05) is 7.11 Å². The van der Waals surface area contributed by atoms with Gasteiger partial charge in [-0.1, -0.05) is 44.6 Å². The monoisotopic (exact) mass is 308 g/mol. The molecule has 0 atom stereocenters. The number of alkyl halides is 6. The molecule has 0 unspecified atom stereocenters. The van der Waals surface area contributed by atoms with Crippen LogP contribution in [0.5, 0.6) is 0 Å². The van der Waals surface area contributed by atoms with E-state index < -0.39 is 18.3 Å². The highest BCUT2D eigenvalue weighted by Gasteiger charge is 2.59. The number of rotatable bonds is 4. The van der Waals surface area contributed by atoms with E-state index in [1.807, 2.05) is 0 Å². The van der Waals surface area contributed by atoms with E-state index in [2.05, 4.69) is 9.47 Å². The molecular formula is C11H30F6O2. The molecule has 19 heavy (non-hydrogen) atoms. The fourth-order valence-electron chi connectivity index (χ4n) is 0.281. The fraction of sp³-hybridized carbons (Fsp3) is 1.00. The summed E-state index contributed by atoms with van der Waals surface area (Å²) in [5.41, 5.74) is 0. The molecule has 0 radical (unpaired) electrons. The molecule has 0 heterocycles. The normalized spacial score (nSPS) is 10.1. The summed E-state index contributed by atoms with van der Waals surface area (Å²) >= 11 is 0. The summed E-state index contributed by atoms with van der Waals surface area (Å²) in [6.45, 7) is -0.251. The van der Waals surface area contributed by atoms with Crippen LogP contribution in [0.3, 0.4) is 0 Å². The predicted molar refractivity (Wildman–Crippen MR) is 69.0 cm³/mol. The molecule has 0 saturated carbocycles. The molecule has 128 valence electrons. The van der Waals surface area contributed by atoms with Gasteiger partial charge in [-0.2, -0.15) is 17.6 Å². The smallest absolute Gasteiger partial charge is 0.299 e. The maximum atomic E-state index is 12.1. The molecule has 0 fully saturated rings. The fourth-order valence-corrected chi connectivity index (χ4v) is 0.281. The van der Waals surface area contributed by atoms with Crippen molar-refractivity contribution in [1.29, 1.82) is 0 Å². The Hall–Kier alpha value is -0.500. The first-order valence-corrected chi connectivity index (χ1v) is 2.90. The average molecular weight is 308 g/mol. The molecule has 8 heteroatoms. The van der Waals surface area contributed by atoms with Gasteiger partial charge in [-0.05, 0) is 0 Å². The molecule has 2 nitrogen and oxygen atoms in total. The average Bonchev–Trinajstić information content (AvgIpc) is 1.83. The first-order valence-electron chi connectivity index (χ1n) is 2.90. The third kappa shape index (κ3) is 13.7. The molecule has 0 N–H and O–H groups in total. The van der Waals surface area contributed by atoms with Crippen LogP contribution in [-0.4, -0.2) is 25.4 Å². The van der Waals surface area contributed by atoms with Crippen LogP contribution in [0, 0.1) is 0 Å². The van der Waals surface area contributed by atoms with Gasteiger partial charge in [0.2, 0.25) is 0 Å². The van der Waals surface area contributed by atoms with Crippen LogP contribution in [0.15, 0.2) is 0 Å². The maximum absolute atomic E-state index is 12.1. The van der Waals surface area contributed by atoms with Gasteiger partial charge in [0, 0.05) is 14.0 Å². The maximum Gasteiger partial charge on any atom is 0.490 e. The second-order valence-electron chi connectivity index (χ2n) is 2.17. The van der Waals surface area contributed by atoms with Crippen LogP contribution in [0.4, 0.5) is 26.3 Å². The van der Waals surface area contributed by atoms with Gasteiger partial charge in [0.15, 0.2) is 0 Å². The first kappa shape index (κ1) is 42.8. The third-order valence-electron chi connectivity index (χ3n) is 0.996. The Morgan fingerprint density at radius 1 is 0.684 bits per heavy atom. The van der Waals surface area contributed by atoms with Gasteiger partial charge < -0.3 is 0 Å². The molecule has 0 bridgehead atoms.